The van der Waals surface area contributed by atoms with Crippen molar-refractivity contribution in [3.63, 3.8) is 0 Å². The van der Waals surface area contributed by atoms with E-state index in [1.54, 1.807) is 0 Å². The zero-order valence-corrected chi connectivity index (χ0v) is 12.7. The molecule has 3 heteroatoms. The molecule has 2 aromatic carbocycles. The molecule has 1 aliphatic rings. The molecule has 1 heterocycles. The molecule has 2 aromatic rings. The lowest BCUT2D eigenvalue weighted by Crippen LogP contribution is -2.30. The van der Waals surface area contributed by atoms with Crippen molar-refractivity contribution in [2.24, 2.45) is 0 Å². The first kappa shape index (κ1) is 15.2. The van der Waals surface area contributed by atoms with Crippen LogP contribution >= 0.6 is 0 Å². The van der Waals surface area contributed by atoms with Gasteiger partial charge < -0.3 is 4.74 Å². The van der Waals surface area contributed by atoms with Crippen LogP contribution in [0.1, 0.15) is 17.5 Å². The second-order valence-corrected chi connectivity index (χ2v) is 5.88. The van der Waals surface area contributed by atoms with Crippen molar-refractivity contribution < 1.29 is 9.13 Å². The van der Waals surface area contributed by atoms with Gasteiger partial charge in [-0.25, -0.2) is 4.39 Å². The van der Waals surface area contributed by atoms with E-state index in [0.29, 0.717) is 6.61 Å². The monoisotopic (exact) mass is 299 g/mol. The van der Waals surface area contributed by atoms with Gasteiger partial charge in [0.25, 0.3) is 0 Å². The Bertz CT molecular complexity index is 560. The van der Waals surface area contributed by atoms with E-state index in [-0.39, 0.29) is 18.8 Å². The molecule has 0 aliphatic carbocycles. The Labute approximate surface area is 131 Å². The maximum Gasteiger partial charge on any atom is 0.105 e. The summed E-state index contributed by atoms with van der Waals surface area (Å²) >= 11 is 0. The standard InChI is InChI=1S/C19H22FNO/c20-12-18-11-19(22-15-17-9-5-2-6-10-17)14-21(18)13-16-7-3-1-4-8-16/h1-10,18-19H,11-15H2/t18-,19?/m1/s1. The van der Waals surface area contributed by atoms with Crippen molar-refractivity contribution in [2.75, 3.05) is 13.2 Å². The molecule has 2 atom stereocenters. The summed E-state index contributed by atoms with van der Waals surface area (Å²) in [6.45, 7) is 1.89. The average Bonchev–Trinajstić information content (AvgIpc) is 2.97. The molecule has 1 aliphatic heterocycles. The number of hydrogen-bond donors (Lipinski definition) is 0. The minimum atomic E-state index is -0.308. The Hall–Kier alpha value is -1.71. The first-order valence-electron chi connectivity index (χ1n) is 7.84. The maximum absolute atomic E-state index is 13.3. The van der Waals surface area contributed by atoms with E-state index >= 15 is 0 Å². The number of hydrogen-bond acceptors (Lipinski definition) is 2. The smallest absolute Gasteiger partial charge is 0.105 e. The molecular formula is C19H22FNO. The van der Waals surface area contributed by atoms with Crippen LogP contribution in [0.15, 0.2) is 60.7 Å². The normalized spacial score (nSPS) is 22.0. The molecule has 1 unspecified atom stereocenters. The number of rotatable bonds is 6. The van der Waals surface area contributed by atoms with Crippen LogP contribution in [0.2, 0.25) is 0 Å². The van der Waals surface area contributed by atoms with Gasteiger partial charge in [0, 0.05) is 19.1 Å². The van der Waals surface area contributed by atoms with E-state index < -0.39 is 0 Å². The molecule has 2 nitrogen and oxygen atoms in total. The van der Waals surface area contributed by atoms with Gasteiger partial charge in [0.1, 0.15) is 6.67 Å². The number of benzene rings is 2. The minimum Gasteiger partial charge on any atom is -0.372 e. The molecule has 1 fully saturated rings. The summed E-state index contributed by atoms with van der Waals surface area (Å²) in [7, 11) is 0. The summed E-state index contributed by atoms with van der Waals surface area (Å²) in [5, 5.41) is 0. The largest absolute Gasteiger partial charge is 0.372 e. The molecule has 0 amide bonds. The van der Waals surface area contributed by atoms with Crippen molar-refractivity contribution in [3.05, 3.63) is 71.8 Å². The molecule has 1 saturated heterocycles. The van der Waals surface area contributed by atoms with E-state index in [4.69, 9.17) is 4.74 Å². The predicted octanol–water partition coefficient (Wildman–Crippen LogP) is 3.82. The van der Waals surface area contributed by atoms with Crippen molar-refractivity contribution in [2.45, 2.75) is 31.7 Å². The lowest BCUT2D eigenvalue weighted by atomic mass is 10.2. The van der Waals surface area contributed by atoms with Gasteiger partial charge in [-0.15, -0.1) is 0 Å². The third-order valence-electron chi connectivity index (χ3n) is 4.22. The third kappa shape index (κ3) is 3.93. The molecule has 0 N–H and O–H groups in total. The van der Waals surface area contributed by atoms with Gasteiger partial charge in [0.15, 0.2) is 0 Å². The van der Waals surface area contributed by atoms with Crippen LogP contribution in [0.5, 0.6) is 0 Å². The van der Waals surface area contributed by atoms with Crippen LogP contribution in [0, 0.1) is 0 Å². The average molecular weight is 299 g/mol. The first-order chi connectivity index (χ1) is 10.8. The number of halogens is 1. The van der Waals surface area contributed by atoms with E-state index in [0.717, 1.165) is 19.5 Å². The van der Waals surface area contributed by atoms with E-state index in [1.165, 1.54) is 11.1 Å². The van der Waals surface area contributed by atoms with Gasteiger partial charge in [-0.1, -0.05) is 60.7 Å². The van der Waals surface area contributed by atoms with Gasteiger partial charge in [0.05, 0.1) is 12.7 Å². The van der Waals surface area contributed by atoms with Crippen molar-refractivity contribution >= 4 is 0 Å². The quantitative estimate of drug-likeness (QED) is 0.804. The van der Waals surface area contributed by atoms with Gasteiger partial charge in [0.2, 0.25) is 0 Å². The number of nitrogens with zero attached hydrogens (tertiary/aromatic N) is 1. The zero-order valence-electron chi connectivity index (χ0n) is 12.7. The predicted molar refractivity (Wildman–Crippen MR) is 86.3 cm³/mol. The Morgan fingerprint density at radius 2 is 1.59 bits per heavy atom. The molecule has 0 radical (unpaired) electrons. The Morgan fingerprint density at radius 1 is 0.955 bits per heavy atom. The summed E-state index contributed by atoms with van der Waals surface area (Å²) in [6, 6.07) is 20.4. The highest BCUT2D eigenvalue weighted by atomic mass is 19.1. The minimum absolute atomic E-state index is 0.0269. The van der Waals surface area contributed by atoms with Crippen LogP contribution in [0.4, 0.5) is 4.39 Å². The second kappa shape index (κ2) is 7.52. The molecule has 116 valence electrons. The van der Waals surface area contributed by atoms with Crippen LogP contribution in [0.25, 0.3) is 0 Å². The molecular weight excluding hydrogens is 277 g/mol. The maximum atomic E-state index is 13.3. The molecule has 0 bridgehead atoms. The number of likely N-dealkylation sites (tertiary alicyclic amines) is 1. The zero-order chi connectivity index (χ0) is 15.2. The van der Waals surface area contributed by atoms with E-state index in [9.17, 15) is 4.39 Å². The van der Waals surface area contributed by atoms with E-state index in [1.807, 2.05) is 36.4 Å². The Balaban J connectivity index is 1.55. The molecule has 0 spiro atoms. The second-order valence-electron chi connectivity index (χ2n) is 5.88. The molecule has 0 aromatic heterocycles. The summed E-state index contributed by atoms with van der Waals surface area (Å²) in [4.78, 5) is 2.20. The summed E-state index contributed by atoms with van der Waals surface area (Å²) in [5.41, 5.74) is 2.39. The highest BCUT2D eigenvalue weighted by Crippen LogP contribution is 2.24. The highest BCUT2D eigenvalue weighted by Gasteiger charge is 2.32. The summed E-state index contributed by atoms with van der Waals surface area (Å²) < 4.78 is 19.3. The lowest BCUT2D eigenvalue weighted by Gasteiger charge is -2.21. The van der Waals surface area contributed by atoms with Crippen LogP contribution in [-0.4, -0.2) is 30.3 Å². The van der Waals surface area contributed by atoms with Crippen LogP contribution in [0.3, 0.4) is 0 Å². The van der Waals surface area contributed by atoms with Gasteiger partial charge in [-0.05, 0) is 17.5 Å². The molecule has 0 saturated carbocycles. The lowest BCUT2D eigenvalue weighted by molar-refractivity contribution is 0.0461. The summed E-state index contributed by atoms with van der Waals surface area (Å²) in [5.74, 6) is 0. The fourth-order valence-electron chi connectivity index (χ4n) is 3.02. The van der Waals surface area contributed by atoms with E-state index in [2.05, 4.69) is 29.2 Å². The van der Waals surface area contributed by atoms with Gasteiger partial charge >= 0.3 is 0 Å². The number of ether oxygens (including phenoxy) is 1. The Morgan fingerprint density at radius 3 is 2.23 bits per heavy atom. The molecule has 22 heavy (non-hydrogen) atoms. The fraction of sp³-hybridized carbons (Fsp3) is 0.368. The highest BCUT2D eigenvalue weighted by molar-refractivity contribution is 5.15. The van der Waals surface area contributed by atoms with Crippen molar-refractivity contribution in [3.8, 4) is 0 Å². The summed E-state index contributed by atoms with van der Waals surface area (Å²) in [6.07, 6.45) is 0.889. The molecule has 3 rings (SSSR count). The Kier molecular flexibility index (Phi) is 5.20. The van der Waals surface area contributed by atoms with Gasteiger partial charge in [-0.3, -0.25) is 4.90 Å². The third-order valence-corrected chi connectivity index (χ3v) is 4.22. The van der Waals surface area contributed by atoms with Crippen molar-refractivity contribution in [1.29, 1.82) is 0 Å². The van der Waals surface area contributed by atoms with Crippen LogP contribution in [-0.2, 0) is 17.9 Å². The van der Waals surface area contributed by atoms with Gasteiger partial charge in [-0.2, -0.15) is 0 Å². The SMILES string of the molecule is FC[C@H]1CC(OCc2ccccc2)CN1Cc1ccccc1. The topological polar surface area (TPSA) is 12.5 Å². The van der Waals surface area contributed by atoms with Crippen LogP contribution < -0.4 is 0 Å². The van der Waals surface area contributed by atoms with Crippen molar-refractivity contribution in [1.82, 2.24) is 4.90 Å². The fourth-order valence-corrected chi connectivity index (χ4v) is 3.02. The first-order valence-corrected chi connectivity index (χ1v) is 7.84. The number of alkyl halides is 1.